The predicted octanol–water partition coefficient (Wildman–Crippen LogP) is 1.90. The van der Waals surface area contributed by atoms with Gasteiger partial charge in [-0.3, -0.25) is 0 Å². The fraction of sp³-hybridized carbons (Fsp3) is 0. The fourth-order valence-electron chi connectivity index (χ4n) is 1.26. The second-order valence-electron chi connectivity index (χ2n) is 3.17. The molecule has 0 saturated heterocycles. The first kappa shape index (κ1) is 16.1. The minimum atomic E-state index is -1.30. The minimum absolute atomic E-state index is 0. The monoisotopic (exact) mass is 242 g/mol. The van der Waals surface area contributed by atoms with E-state index in [0.717, 1.165) is 0 Å². The second-order valence-corrected chi connectivity index (χ2v) is 3.17. The number of para-hydroxylation sites is 2. The van der Waals surface area contributed by atoms with Gasteiger partial charge in [0.15, 0.2) is 0 Å². The van der Waals surface area contributed by atoms with Crippen LogP contribution in [-0.2, 0) is 0 Å². The molecule has 2 rings (SSSR count). The molecule has 18 heavy (non-hydrogen) atoms. The number of hydrogen-bond donors (Lipinski definition) is 2. The van der Waals surface area contributed by atoms with Gasteiger partial charge in [-0.25, -0.2) is 0 Å². The van der Waals surface area contributed by atoms with Gasteiger partial charge in [-0.05, 0) is 24.3 Å². The van der Waals surface area contributed by atoms with Gasteiger partial charge in [0.25, 0.3) is 0 Å². The first-order chi connectivity index (χ1) is 7.84. The summed E-state index contributed by atoms with van der Waals surface area (Å²) in [6.07, 6.45) is 0. The standard InChI is InChI=1S/C12H11BO3.B.H3N/c14-13(15-11-7-3-1-4-8-11)16-12-9-5-2-6-10-12;;/h1-10,14H;;1H3. The van der Waals surface area contributed by atoms with Gasteiger partial charge in [0, 0.05) is 8.41 Å². The van der Waals surface area contributed by atoms with Crippen LogP contribution < -0.4 is 15.5 Å². The third kappa shape index (κ3) is 4.95. The van der Waals surface area contributed by atoms with Crippen molar-refractivity contribution in [2.75, 3.05) is 0 Å². The molecule has 4 N–H and O–H groups in total. The van der Waals surface area contributed by atoms with Crippen molar-refractivity contribution in [1.29, 1.82) is 0 Å². The predicted molar refractivity (Wildman–Crippen MR) is 72.9 cm³/mol. The van der Waals surface area contributed by atoms with Crippen molar-refractivity contribution in [3.63, 3.8) is 0 Å². The normalized spacial score (nSPS) is 8.50. The molecule has 0 aliphatic heterocycles. The van der Waals surface area contributed by atoms with Crippen LogP contribution in [0, 0.1) is 0 Å². The average Bonchev–Trinajstić information content (AvgIpc) is 2.31. The molecule has 3 radical (unpaired) electrons. The lowest BCUT2D eigenvalue weighted by Crippen LogP contribution is -2.29. The zero-order chi connectivity index (χ0) is 11.2. The minimum Gasteiger partial charge on any atom is -0.501 e. The Labute approximate surface area is 109 Å². The highest BCUT2D eigenvalue weighted by Crippen LogP contribution is 2.12. The maximum atomic E-state index is 9.51. The van der Waals surface area contributed by atoms with Crippen LogP contribution in [0.15, 0.2) is 60.7 Å². The molecule has 0 saturated carbocycles. The molecule has 2 aromatic rings. The fourth-order valence-corrected chi connectivity index (χ4v) is 1.26. The van der Waals surface area contributed by atoms with Crippen LogP contribution in [-0.4, -0.2) is 20.8 Å². The smallest absolute Gasteiger partial charge is 0.501 e. The summed E-state index contributed by atoms with van der Waals surface area (Å²) >= 11 is 0. The van der Waals surface area contributed by atoms with Gasteiger partial charge in [-0.1, -0.05) is 36.4 Å². The van der Waals surface area contributed by atoms with Crippen LogP contribution in [0.3, 0.4) is 0 Å². The van der Waals surface area contributed by atoms with Crippen LogP contribution in [0.2, 0.25) is 0 Å². The summed E-state index contributed by atoms with van der Waals surface area (Å²) in [4.78, 5) is 0. The van der Waals surface area contributed by atoms with Crippen LogP contribution in [0.5, 0.6) is 11.5 Å². The highest BCUT2D eigenvalue weighted by atomic mass is 16.7. The first-order valence-corrected chi connectivity index (χ1v) is 4.96. The molecule has 0 aromatic heterocycles. The van der Waals surface area contributed by atoms with E-state index in [-0.39, 0.29) is 14.6 Å². The van der Waals surface area contributed by atoms with E-state index in [2.05, 4.69) is 0 Å². The van der Waals surface area contributed by atoms with E-state index in [9.17, 15) is 5.02 Å². The maximum absolute atomic E-state index is 9.51. The molecule has 2 aromatic carbocycles. The van der Waals surface area contributed by atoms with Gasteiger partial charge in [-0.2, -0.15) is 0 Å². The van der Waals surface area contributed by atoms with Crippen molar-refractivity contribution >= 4 is 15.7 Å². The molecule has 91 valence electrons. The molecule has 0 aliphatic carbocycles. The second kappa shape index (κ2) is 8.22. The third-order valence-electron chi connectivity index (χ3n) is 1.96. The van der Waals surface area contributed by atoms with E-state index in [4.69, 9.17) is 9.31 Å². The molecule has 6 heteroatoms. The van der Waals surface area contributed by atoms with Crippen molar-refractivity contribution in [1.82, 2.24) is 6.15 Å². The van der Waals surface area contributed by atoms with Crippen molar-refractivity contribution in [2.24, 2.45) is 0 Å². The summed E-state index contributed by atoms with van der Waals surface area (Å²) in [6, 6.07) is 18.0. The molecule has 4 nitrogen and oxygen atoms in total. The topological polar surface area (TPSA) is 73.7 Å². The van der Waals surface area contributed by atoms with E-state index in [0.29, 0.717) is 11.5 Å². The van der Waals surface area contributed by atoms with Crippen LogP contribution >= 0.6 is 0 Å². The Bertz CT molecular complexity index is 386. The Morgan fingerprint density at radius 2 is 1.06 bits per heavy atom. The van der Waals surface area contributed by atoms with Crippen molar-refractivity contribution in [2.45, 2.75) is 0 Å². The lowest BCUT2D eigenvalue weighted by atomic mass is 10.2. The van der Waals surface area contributed by atoms with Crippen molar-refractivity contribution in [3.05, 3.63) is 60.7 Å². The molecule has 0 spiro atoms. The Morgan fingerprint density at radius 1 is 0.722 bits per heavy atom. The Balaban J connectivity index is 0.00000144. The molecule has 0 heterocycles. The summed E-state index contributed by atoms with van der Waals surface area (Å²) in [5.41, 5.74) is 0. The molecular formula is C12H14B2NO3. The van der Waals surface area contributed by atoms with Crippen LogP contribution in [0.4, 0.5) is 0 Å². The Kier molecular flexibility index (Phi) is 7.35. The van der Waals surface area contributed by atoms with E-state index in [1.165, 1.54) is 0 Å². The van der Waals surface area contributed by atoms with E-state index in [1.54, 1.807) is 24.3 Å². The van der Waals surface area contributed by atoms with Crippen LogP contribution in [0.1, 0.15) is 0 Å². The van der Waals surface area contributed by atoms with Gasteiger partial charge in [0.2, 0.25) is 0 Å². The van der Waals surface area contributed by atoms with Gasteiger partial charge in [0.1, 0.15) is 11.5 Å². The third-order valence-corrected chi connectivity index (χ3v) is 1.96. The Hall–Kier alpha value is -1.91. The summed E-state index contributed by atoms with van der Waals surface area (Å²) < 4.78 is 10.3. The lowest BCUT2D eigenvalue weighted by molar-refractivity contribution is 0.298. The molecule has 0 atom stereocenters. The zero-order valence-electron chi connectivity index (χ0n) is 9.90. The summed E-state index contributed by atoms with van der Waals surface area (Å²) in [5, 5.41) is 9.51. The molecular weight excluding hydrogens is 228 g/mol. The summed E-state index contributed by atoms with van der Waals surface area (Å²) in [5.74, 6) is 1.12. The van der Waals surface area contributed by atoms with Gasteiger partial charge in [-0.15, -0.1) is 0 Å². The number of hydrogen-bond acceptors (Lipinski definition) is 4. The highest BCUT2D eigenvalue weighted by molar-refractivity contribution is 6.36. The largest absolute Gasteiger partial charge is 0.785 e. The molecule has 0 amide bonds. The average molecular weight is 242 g/mol. The van der Waals surface area contributed by atoms with E-state index in [1.807, 2.05) is 36.4 Å². The van der Waals surface area contributed by atoms with Crippen molar-refractivity contribution < 1.29 is 14.3 Å². The van der Waals surface area contributed by atoms with E-state index >= 15 is 0 Å². The molecule has 0 bridgehead atoms. The number of rotatable bonds is 4. The summed E-state index contributed by atoms with van der Waals surface area (Å²) in [7, 11) is -1.30. The number of benzene rings is 2. The summed E-state index contributed by atoms with van der Waals surface area (Å²) in [6.45, 7) is 0. The first-order valence-electron chi connectivity index (χ1n) is 4.96. The van der Waals surface area contributed by atoms with Gasteiger partial charge < -0.3 is 20.5 Å². The van der Waals surface area contributed by atoms with Crippen molar-refractivity contribution in [3.8, 4) is 11.5 Å². The zero-order valence-corrected chi connectivity index (χ0v) is 9.90. The van der Waals surface area contributed by atoms with Gasteiger partial charge in [0.05, 0.1) is 0 Å². The molecule has 0 aliphatic rings. The van der Waals surface area contributed by atoms with Gasteiger partial charge >= 0.3 is 7.32 Å². The van der Waals surface area contributed by atoms with E-state index < -0.39 is 7.32 Å². The Morgan fingerprint density at radius 3 is 1.39 bits per heavy atom. The molecule has 0 unspecified atom stereocenters. The van der Waals surface area contributed by atoms with Crippen LogP contribution in [0.25, 0.3) is 0 Å². The maximum Gasteiger partial charge on any atom is 0.785 e. The highest BCUT2D eigenvalue weighted by Gasteiger charge is 2.20. The SMILES string of the molecule is N.OB(Oc1ccccc1)Oc1ccccc1.[B]. The molecule has 0 fully saturated rings. The lowest BCUT2D eigenvalue weighted by Gasteiger charge is -2.10. The quantitative estimate of drug-likeness (QED) is 0.802.